The quantitative estimate of drug-likeness (QED) is 0.149. The van der Waals surface area contributed by atoms with Crippen molar-refractivity contribution >= 4 is 82.1 Å². The second-order valence-electron chi connectivity index (χ2n) is 17.2. The van der Waals surface area contributed by atoms with Crippen LogP contribution in [0.15, 0.2) is 253 Å². The van der Waals surface area contributed by atoms with E-state index in [1.54, 1.807) is 0 Å². The van der Waals surface area contributed by atoms with Gasteiger partial charge in [-0.15, -0.1) is 0 Å². The zero-order valence-electron chi connectivity index (χ0n) is 36.0. The number of hydrogen-bond donors (Lipinski definition) is 0. The first kappa shape index (κ1) is 37.8. The predicted molar refractivity (Wildman–Crippen MR) is 280 cm³/mol. The van der Waals surface area contributed by atoms with Crippen LogP contribution in [-0.4, -0.2) is 0 Å². The molecule has 0 aliphatic heterocycles. The molecule has 0 saturated carbocycles. The molecule has 0 atom stereocenters. The number of anilines is 3. The second-order valence-corrected chi connectivity index (χ2v) is 17.2. The lowest BCUT2D eigenvalue weighted by Crippen LogP contribution is -2.12. The van der Waals surface area contributed by atoms with Gasteiger partial charge in [0.15, 0.2) is 0 Å². The molecule has 2 heteroatoms. The monoisotopic (exact) mass is 839 g/mol. The zero-order valence-corrected chi connectivity index (χ0v) is 36.0. The molecule has 12 aromatic carbocycles. The first-order valence-corrected chi connectivity index (χ1v) is 22.7. The molecule has 0 bridgehead atoms. The van der Waals surface area contributed by atoms with E-state index in [0.717, 1.165) is 66.8 Å². The van der Waals surface area contributed by atoms with Crippen LogP contribution in [0.25, 0.3) is 110 Å². The maximum absolute atomic E-state index is 7.10. The van der Waals surface area contributed by atoms with E-state index in [4.69, 9.17) is 4.42 Å². The minimum atomic E-state index is 0.854. The molecule has 308 valence electrons. The summed E-state index contributed by atoms with van der Waals surface area (Å²) in [6, 6.07) is 90.2. The van der Waals surface area contributed by atoms with Crippen LogP contribution in [0, 0.1) is 0 Å². The van der Waals surface area contributed by atoms with Crippen molar-refractivity contribution in [2.24, 2.45) is 0 Å². The van der Waals surface area contributed by atoms with Crippen molar-refractivity contribution in [3.63, 3.8) is 0 Å². The highest BCUT2D eigenvalue weighted by atomic mass is 16.3. The highest BCUT2D eigenvalue weighted by Gasteiger charge is 2.26. The van der Waals surface area contributed by atoms with Gasteiger partial charge in [0.05, 0.1) is 16.8 Å². The molecule has 0 N–H and O–H groups in total. The van der Waals surface area contributed by atoms with Crippen LogP contribution >= 0.6 is 0 Å². The summed E-state index contributed by atoms with van der Waals surface area (Å²) in [6.45, 7) is 0. The third-order valence-corrected chi connectivity index (χ3v) is 13.4. The van der Waals surface area contributed by atoms with E-state index in [1.807, 2.05) is 0 Å². The fourth-order valence-electron chi connectivity index (χ4n) is 10.4. The van der Waals surface area contributed by atoms with Crippen molar-refractivity contribution in [3.8, 4) is 44.5 Å². The van der Waals surface area contributed by atoms with Crippen molar-refractivity contribution in [3.05, 3.63) is 249 Å². The van der Waals surface area contributed by atoms with E-state index in [1.165, 1.54) is 59.8 Å². The summed E-state index contributed by atoms with van der Waals surface area (Å²) < 4.78 is 7.10. The summed E-state index contributed by atoms with van der Waals surface area (Å²) in [4.78, 5) is 2.47. The Bertz CT molecular complexity index is 3990. The Balaban J connectivity index is 1.09. The van der Waals surface area contributed by atoms with Crippen molar-refractivity contribution in [1.82, 2.24) is 0 Å². The van der Waals surface area contributed by atoms with Gasteiger partial charge in [-0.05, 0) is 125 Å². The second kappa shape index (κ2) is 15.5. The van der Waals surface area contributed by atoms with E-state index < -0.39 is 0 Å². The van der Waals surface area contributed by atoms with E-state index in [0.29, 0.717) is 0 Å². The molecule has 0 saturated heterocycles. The van der Waals surface area contributed by atoms with Crippen molar-refractivity contribution in [2.75, 3.05) is 4.90 Å². The maximum atomic E-state index is 7.10. The van der Waals surface area contributed by atoms with Crippen LogP contribution in [0.4, 0.5) is 17.1 Å². The number of para-hydroxylation sites is 2. The Kier molecular flexibility index (Phi) is 8.89. The van der Waals surface area contributed by atoms with Gasteiger partial charge in [0, 0.05) is 22.2 Å². The first-order chi connectivity index (χ1) is 32.7. The van der Waals surface area contributed by atoms with Gasteiger partial charge >= 0.3 is 0 Å². The molecule has 0 amide bonds. The molecular formula is C64H41NO. The summed E-state index contributed by atoms with van der Waals surface area (Å²) >= 11 is 0. The molecule has 66 heavy (non-hydrogen) atoms. The van der Waals surface area contributed by atoms with Gasteiger partial charge in [-0.2, -0.15) is 0 Å². The summed E-state index contributed by atoms with van der Waals surface area (Å²) in [7, 11) is 0. The van der Waals surface area contributed by atoms with Gasteiger partial charge in [-0.25, -0.2) is 0 Å². The molecule has 1 aromatic heterocycles. The zero-order chi connectivity index (χ0) is 43.6. The largest absolute Gasteiger partial charge is 0.455 e. The van der Waals surface area contributed by atoms with Gasteiger partial charge in [0.1, 0.15) is 11.2 Å². The number of nitrogens with zero attached hydrogens (tertiary/aromatic N) is 1. The molecule has 0 unspecified atom stereocenters. The minimum Gasteiger partial charge on any atom is -0.455 e. The van der Waals surface area contributed by atoms with Gasteiger partial charge < -0.3 is 9.32 Å². The first-order valence-electron chi connectivity index (χ1n) is 22.7. The van der Waals surface area contributed by atoms with Gasteiger partial charge in [0.2, 0.25) is 0 Å². The Morgan fingerprint density at radius 2 is 0.773 bits per heavy atom. The standard InChI is InChI=1S/C64H41NO/c1-2-17-42(18-3-1)43-33-35-44(36-34-43)45-21-16-22-48(39-45)65(60-31-14-12-29-55(60)58-40-46-19-4-6-23-49(46)51-25-8-10-27-53(51)58)61-38-37-56(64-63(61)57-30-13-15-32-62(57)66-64)59-41-47-20-5-7-24-50(47)52-26-9-11-28-54(52)59/h1-41H. The molecule has 0 fully saturated rings. The van der Waals surface area contributed by atoms with Crippen molar-refractivity contribution in [1.29, 1.82) is 0 Å². The van der Waals surface area contributed by atoms with Crippen LogP contribution in [0.3, 0.4) is 0 Å². The van der Waals surface area contributed by atoms with Crippen LogP contribution in [0.5, 0.6) is 0 Å². The smallest absolute Gasteiger partial charge is 0.145 e. The highest BCUT2D eigenvalue weighted by Crippen LogP contribution is 2.50. The lowest BCUT2D eigenvalue weighted by Gasteiger charge is -2.29. The lowest BCUT2D eigenvalue weighted by atomic mass is 9.91. The summed E-state index contributed by atoms with van der Waals surface area (Å²) in [5.74, 6) is 0. The van der Waals surface area contributed by atoms with Crippen LogP contribution < -0.4 is 4.90 Å². The van der Waals surface area contributed by atoms with Gasteiger partial charge in [0.25, 0.3) is 0 Å². The molecule has 13 aromatic rings. The van der Waals surface area contributed by atoms with E-state index >= 15 is 0 Å². The maximum Gasteiger partial charge on any atom is 0.145 e. The number of hydrogen-bond acceptors (Lipinski definition) is 2. The normalized spacial score (nSPS) is 11.6. The van der Waals surface area contributed by atoms with Crippen LogP contribution in [0.1, 0.15) is 0 Å². The van der Waals surface area contributed by atoms with E-state index in [9.17, 15) is 0 Å². The lowest BCUT2D eigenvalue weighted by molar-refractivity contribution is 0.670. The fourth-order valence-corrected chi connectivity index (χ4v) is 10.4. The minimum absolute atomic E-state index is 0.854. The summed E-state index contributed by atoms with van der Waals surface area (Å²) in [6.07, 6.45) is 0. The van der Waals surface area contributed by atoms with Gasteiger partial charge in [-0.3, -0.25) is 0 Å². The number of benzene rings is 12. The van der Waals surface area contributed by atoms with Crippen LogP contribution in [-0.2, 0) is 0 Å². The number of fused-ring (bicyclic) bond motifs is 9. The molecule has 0 radical (unpaired) electrons. The Hall–Kier alpha value is -8.72. The third kappa shape index (κ3) is 6.18. The number of furan rings is 1. The molecule has 2 nitrogen and oxygen atoms in total. The van der Waals surface area contributed by atoms with Gasteiger partial charge in [-0.1, -0.05) is 200 Å². The van der Waals surface area contributed by atoms with Crippen LogP contribution in [0.2, 0.25) is 0 Å². The molecule has 13 rings (SSSR count). The van der Waals surface area contributed by atoms with E-state index in [2.05, 4.69) is 254 Å². The highest BCUT2D eigenvalue weighted by molar-refractivity contribution is 6.22. The topological polar surface area (TPSA) is 16.4 Å². The Labute approximate surface area is 382 Å². The molecule has 1 heterocycles. The fraction of sp³-hybridized carbons (Fsp3) is 0. The SMILES string of the molecule is c1ccc(-c2ccc(-c3cccc(N(c4ccccc4-c4cc5ccccc5c5ccccc45)c4ccc(-c5cc6ccccc6c6ccccc56)c5oc6ccccc6c45)c3)cc2)cc1. The van der Waals surface area contributed by atoms with E-state index in [-0.39, 0.29) is 0 Å². The predicted octanol–water partition coefficient (Wildman–Crippen LogP) is 18.3. The molecule has 0 aliphatic carbocycles. The molecule has 0 spiro atoms. The third-order valence-electron chi connectivity index (χ3n) is 13.4. The van der Waals surface area contributed by atoms with Crippen molar-refractivity contribution in [2.45, 2.75) is 0 Å². The molecule has 0 aliphatic rings. The Morgan fingerprint density at radius 3 is 1.45 bits per heavy atom. The van der Waals surface area contributed by atoms with Crippen molar-refractivity contribution < 1.29 is 4.42 Å². The Morgan fingerprint density at radius 1 is 0.273 bits per heavy atom. The number of rotatable bonds is 7. The average molecular weight is 840 g/mol. The summed E-state index contributed by atoms with van der Waals surface area (Å²) in [5, 5.41) is 11.9. The summed E-state index contributed by atoms with van der Waals surface area (Å²) in [5.41, 5.74) is 14.1. The average Bonchev–Trinajstić information content (AvgIpc) is 3.79. The molecular weight excluding hydrogens is 799 g/mol.